The first-order valence-electron chi connectivity index (χ1n) is 4.22. The highest BCUT2D eigenvalue weighted by Gasteiger charge is 2.12. The normalized spacial score (nSPS) is 10.9. The number of hydrogen-bond acceptors (Lipinski definition) is 1. The van der Waals surface area contributed by atoms with E-state index in [1.165, 1.54) is 5.57 Å². The molecule has 64 valence electrons. The van der Waals surface area contributed by atoms with Crippen LogP contribution in [0.4, 0.5) is 0 Å². The van der Waals surface area contributed by atoms with Gasteiger partial charge in [0.05, 0.1) is 0 Å². The molecule has 0 heterocycles. The van der Waals surface area contributed by atoms with Crippen molar-refractivity contribution in [3.63, 3.8) is 0 Å². The number of carbonyl (C=O) groups excluding carboxylic acids is 1. The van der Waals surface area contributed by atoms with Gasteiger partial charge in [0.25, 0.3) is 0 Å². The number of allylic oxidation sites excluding steroid dienone is 2. The van der Waals surface area contributed by atoms with Crippen molar-refractivity contribution < 1.29 is 4.79 Å². The first-order valence-corrected chi connectivity index (χ1v) is 4.22. The van der Waals surface area contributed by atoms with E-state index in [0.717, 1.165) is 19.1 Å². The van der Waals surface area contributed by atoms with Crippen LogP contribution in [0.2, 0.25) is 0 Å². The fourth-order valence-electron chi connectivity index (χ4n) is 1.01. The minimum absolute atomic E-state index is 0.276. The molecule has 0 aromatic carbocycles. The summed E-state index contributed by atoms with van der Waals surface area (Å²) in [6.45, 7) is 8.11. The topological polar surface area (TPSA) is 17.1 Å². The smallest absolute Gasteiger partial charge is 0.129 e. The molecule has 0 amide bonds. The van der Waals surface area contributed by atoms with Gasteiger partial charge in [0, 0.05) is 5.41 Å². The SMILES string of the molecule is CCC(=CC(C)(C)C=O)CC. The summed E-state index contributed by atoms with van der Waals surface area (Å²) in [5.74, 6) is 0. The van der Waals surface area contributed by atoms with Crippen molar-refractivity contribution in [1.29, 1.82) is 0 Å². The third-order valence-electron chi connectivity index (χ3n) is 1.79. The average Bonchev–Trinajstić information content (AvgIpc) is 2.00. The highest BCUT2D eigenvalue weighted by Crippen LogP contribution is 2.18. The van der Waals surface area contributed by atoms with Crippen molar-refractivity contribution in [3.05, 3.63) is 11.6 Å². The van der Waals surface area contributed by atoms with Gasteiger partial charge >= 0.3 is 0 Å². The fourth-order valence-corrected chi connectivity index (χ4v) is 1.01. The van der Waals surface area contributed by atoms with Gasteiger partial charge in [-0.15, -0.1) is 0 Å². The van der Waals surface area contributed by atoms with Gasteiger partial charge in [0.2, 0.25) is 0 Å². The molecule has 0 saturated heterocycles. The standard InChI is InChI=1S/C10H18O/c1-5-9(6-2)7-10(3,4)8-11/h7-8H,5-6H2,1-4H3. The van der Waals surface area contributed by atoms with Crippen molar-refractivity contribution >= 4 is 6.29 Å². The summed E-state index contributed by atoms with van der Waals surface area (Å²) >= 11 is 0. The monoisotopic (exact) mass is 154 g/mol. The van der Waals surface area contributed by atoms with Gasteiger partial charge in [0.1, 0.15) is 6.29 Å². The lowest BCUT2D eigenvalue weighted by molar-refractivity contribution is -0.112. The van der Waals surface area contributed by atoms with E-state index >= 15 is 0 Å². The van der Waals surface area contributed by atoms with E-state index in [1.807, 2.05) is 13.8 Å². The summed E-state index contributed by atoms with van der Waals surface area (Å²) in [6, 6.07) is 0. The molecule has 1 nitrogen and oxygen atoms in total. The Morgan fingerprint density at radius 2 is 1.73 bits per heavy atom. The third-order valence-corrected chi connectivity index (χ3v) is 1.79. The largest absolute Gasteiger partial charge is 0.302 e. The van der Waals surface area contributed by atoms with E-state index in [4.69, 9.17) is 0 Å². The summed E-state index contributed by atoms with van der Waals surface area (Å²) in [6.07, 6.45) is 5.17. The Balaban J connectivity index is 4.36. The van der Waals surface area contributed by atoms with Crippen molar-refractivity contribution in [2.45, 2.75) is 40.5 Å². The Hall–Kier alpha value is -0.590. The zero-order valence-corrected chi connectivity index (χ0v) is 7.98. The molecular weight excluding hydrogens is 136 g/mol. The predicted octanol–water partition coefficient (Wildman–Crippen LogP) is 2.96. The van der Waals surface area contributed by atoms with Crippen LogP contribution in [0.3, 0.4) is 0 Å². The molecule has 0 fully saturated rings. The lowest BCUT2D eigenvalue weighted by Crippen LogP contribution is -2.09. The molecule has 11 heavy (non-hydrogen) atoms. The molecule has 0 aromatic rings. The molecule has 0 radical (unpaired) electrons. The molecule has 0 N–H and O–H groups in total. The average molecular weight is 154 g/mol. The third kappa shape index (κ3) is 3.97. The van der Waals surface area contributed by atoms with Crippen molar-refractivity contribution in [2.75, 3.05) is 0 Å². The Morgan fingerprint density at radius 3 is 2.00 bits per heavy atom. The molecule has 0 atom stereocenters. The van der Waals surface area contributed by atoms with Crippen molar-refractivity contribution in [3.8, 4) is 0 Å². The molecule has 0 aliphatic heterocycles. The van der Waals surface area contributed by atoms with Crippen molar-refractivity contribution in [1.82, 2.24) is 0 Å². The Labute approximate surface area is 69.5 Å². The van der Waals surface area contributed by atoms with Gasteiger partial charge < -0.3 is 4.79 Å². The lowest BCUT2D eigenvalue weighted by atomic mass is 9.91. The van der Waals surface area contributed by atoms with Gasteiger partial charge in [-0.05, 0) is 26.7 Å². The fraction of sp³-hybridized carbons (Fsp3) is 0.700. The second-order valence-corrected chi connectivity index (χ2v) is 3.45. The van der Waals surface area contributed by atoms with E-state index in [9.17, 15) is 4.79 Å². The van der Waals surface area contributed by atoms with Gasteiger partial charge in [-0.3, -0.25) is 0 Å². The maximum Gasteiger partial charge on any atom is 0.129 e. The lowest BCUT2D eigenvalue weighted by Gasteiger charge is -2.12. The van der Waals surface area contributed by atoms with E-state index in [2.05, 4.69) is 19.9 Å². The minimum Gasteiger partial charge on any atom is -0.302 e. The molecule has 0 rings (SSSR count). The predicted molar refractivity (Wildman–Crippen MR) is 48.5 cm³/mol. The molecule has 1 heteroatoms. The molecule has 0 aliphatic rings. The summed E-state index contributed by atoms with van der Waals surface area (Å²) in [5, 5.41) is 0. The second kappa shape index (κ2) is 4.32. The van der Waals surface area contributed by atoms with E-state index < -0.39 is 0 Å². The Kier molecular flexibility index (Phi) is 4.09. The van der Waals surface area contributed by atoms with Crippen LogP contribution in [0.5, 0.6) is 0 Å². The van der Waals surface area contributed by atoms with Crippen LogP contribution in [-0.2, 0) is 4.79 Å². The van der Waals surface area contributed by atoms with E-state index in [-0.39, 0.29) is 5.41 Å². The molecule has 0 unspecified atom stereocenters. The molecule has 0 spiro atoms. The summed E-state index contributed by atoms with van der Waals surface area (Å²) in [5.41, 5.74) is 1.09. The maximum atomic E-state index is 10.5. The Morgan fingerprint density at radius 1 is 1.27 bits per heavy atom. The van der Waals surface area contributed by atoms with Crippen LogP contribution < -0.4 is 0 Å². The highest BCUT2D eigenvalue weighted by atomic mass is 16.1. The van der Waals surface area contributed by atoms with Crippen LogP contribution in [0.15, 0.2) is 11.6 Å². The highest BCUT2D eigenvalue weighted by molar-refractivity contribution is 5.61. The van der Waals surface area contributed by atoms with E-state index in [0.29, 0.717) is 0 Å². The first-order chi connectivity index (χ1) is 5.05. The quantitative estimate of drug-likeness (QED) is 0.449. The van der Waals surface area contributed by atoms with Crippen LogP contribution in [0, 0.1) is 5.41 Å². The zero-order chi connectivity index (χ0) is 8.91. The number of rotatable bonds is 4. The summed E-state index contributed by atoms with van der Waals surface area (Å²) in [4.78, 5) is 10.5. The number of carbonyl (C=O) groups is 1. The molecular formula is C10H18O. The second-order valence-electron chi connectivity index (χ2n) is 3.45. The van der Waals surface area contributed by atoms with Crippen LogP contribution >= 0.6 is 0 Å². The van der Waals surface area contributed by atoms with Crippen LogP contribution in [0.1, 0.15) is 40.5 Å². The van der Waals surface area contributed by atoms with Crippen LogP contribution in [-0.4, -0.2) is 6.29 Å². The van der Waals surface area contributed by atoms with Gasteiger partial charge in [-0.2, -0.15) is 0 Å². The van der Waals surface area contributed by atoms with E-state index in [1.54, 1.807) is 0 Å². The molecule has 0 aliphatic carbocycles. The minimum atomic E-state index is -0.276. The maximum absolute atomic E-state index is 10.5. The molecule has 0 bridgehead atoms. The van der Waals surface area contributed by atoms with Crippen molar-refractivity contribution in [2.24, 2.45) is 5.41 Å². The molecule has 0 aromatic heterocycles. The van der Waals surface area contributed by atoms with Gasteiger partial charge in [-0.25, -0.2) is 0 Å². The number of aldehydes is 1. The molecule has 0 saturated carbocycles. The summed E-state index contributed by atoms with van der Waals surface area (Å²) in [7, 11) is 0. The summed E-state index contributed by atoms with van der Waals surface area (Å²) < 4.78 is 0. The van der Waals surface area contributed by atoms with Gasteiger partial charge in [-0.1, -0.05) is 25.5 Å². The first kappa shape index (κ1) is 10.4. The zero-order valence-electron chi connectivity index (χ0n) is 7.98. The van der Waals surface area contributed by atoms with Crippen LogP contribution in [0.25, 0.3) is 0 Å². The Bertz CT molecular complexity index is 148. The van der Waals surface area contributed by atoms with Gasteiger partial charge in [0.15, 0.2) is 0 Å². The number of hydrogen-bond donors (Lipinski definition) is 0.